The van der Waals surface area contributed by atoms with E-state index < -0.39 is 0 Å². The van der Waals surface area contributed by atoms with Crippen LogP contribution in [0.5, 0.6) is 0 Å². The highest BCUT2D eigenvalue weighted by Gasteiger charge is 2.19. The van der Waals surface area contributed by atoms with Crippen LogP contribution in [0.15, 0.2) is 18.2 Å². The number of hydrogen-bond donors (Lipinski definition) is 2. The van der Waals surface area contributed by atoms with E-state index in [4.69, 9.17) is 11.6 Å². The first-order chi connectivity index (χ1) is 8.25. The summed E-state index contributed by atoms with van der Waals surface area (Å²) in [5.41, 5.74) is 0.632. The van der Waals surface area contributed by atoms with Gasteiger partial charge in [-0.1, -0.05) is 11.6 Å². The summed E-state index contributed by atoms with van der Waals surface area (Å²) in [5, 5.41) is 7.25. The van der Waals surface area contributed by atoms with Crippen molar-refractivity contribution >= 4 is 11.6 Å². The zero-order chi connectivity index (χ0) is 12.1. The predicted molar refractivity (Wildman–Crippen MR) is 68.8 cm³/mol. The maximum atomic E-state index is 13.3. The lowest BCUT2D eigenvalue weighted by atomic mass is 10.2. The molecule has 0 saturated heterocycles. The fraction of sp³-hybridized carbons (Fsp3) is 0.538. The van der Waals surface area contributed by atoms with Gasteiger partial charge >= 0.3 is 0 Å². The smallest absolute Gasteiger partial charge is 0.127 e. The van der Waals surface area contributed by atoms with Gasteiger partial charge in [0.25, 0.3) is 0 Å². The van der Waals surface area contributed by atoms with Gasteiger partial charge in [0.1, 0.15) is 5.82 Å². The van der Waals surface area contributed by atoms with E-state index in [1.54, 1.807) is 12.1 Å². The molecule has 4 heteroatoms. The van der Waals surface area contributed by atoms with Crippen molar-refractivity contribution in [2.75, 3.05) is 13.1 Å². The minimum atomic E-state index is -0.196. The van der Waals surface area contributed by atoms with Crippen LogP contribution in [0.25, 0.3) is 0 Å². The molecular formula is C13H18ClFN2. The summed E-state index contributed by atoms with van der Waals surface area (Å²) >= 11 is 5.82. The molecule has 2 nitrogen and oxygen atoms in total. The molecular weight excluding hydrogens is 239 g/mol. The van der Waals surface area contributed by atoms with Crippen molar-refractivity contribution in [1.29, 1.82) is 0 Å². The zero-order valence-corrected chi connectivity index (χ0v) is 10.6. The van der Waals surface area contributed by atoms with Crippen LogP contribution in [0.3, 0.4) is 0 Å². The molecule has 0 aromatic heterocycles. The SMILES string of the molecule is Fc1ccc(Cl)cc1CNCCCNC1CC1. The largest absolute Gasteiger partial charge is 0.314 e. The van der Waals surface area contributed by atoms with Crippen LogP contribution < -0.4 is 10.6 Å². The molecule has 1 aromatic rings. The Labute approximate surface area is 107 Å². The standard InChI is InChI=1S/C13H18ClFN2/c14-11-2-5-13(15)10(8-11)9-16-6-1-7-17-12-3-4-12/h2,5,8,12,16-17H,1,3-4,6-7,9H2. The molecule has 0 bridgehead atoms. The highest BCUT2D eigenvalue weighted by molar-refractivity contribution is 6.30. The van der Waals surface area contributed by atoms with Gasteiger partial charge in [-0.05, 0) is 50.6 Å². The third-order valence-electron chi connectivity index (χ3n) is 2.86. The lowest BCUT2D eigenvalue weighted by Gasteiger charge is -2.07. The Bertz CT molecular complexity index is 366. The van der Waals surface area contributed by atoms with Crippen molar-refractivity contribution in [3.63, 3.8) is 0 Å². The summed E-state index contributed by atoms with van der Waals surface area (Å²) in [6.45, 7) is 2.47. The van der Waals surface area contributed by atoms with E-state index >= 15 is 0 Å². The van der Waals surface area contributed by atoms with Crippen LogP contribution >= 0.6 is 11.6 Å². The van der Waals surface area contributed by atoms with E-state index in [1.807, 2.05) is 0 Å². The molecule has 94 valence electrons. The molecule has 0 radical (unpaired) electrons. The van der Waals surface area contributed by atoms with Crippen LogP contribution in [0.4, 0.5) is 4.39 Å². The number of halogens is 2. The lowest BCUT2D eigenvalue weighted by molar-refractivity contribution is 0.567. The summed E-state index contributed by atoms with van der Waals surface area (Å²) in [6, 6.07) is 5.42. The van der Waals surface area contributed by atoms with Gasteiger partial charge in [-0.2, -0.15) is 0 Å². The van der Waals surface area contributed by atoms with Gasteiger partial charge in [0.15, 0.2) is 0 Å². The molecule has 0 amide bonds. The molecule has 2 rings (SSSR count). The van der Waals surface area contributed by atoms with Crippen LogP contribution in [0.1, 0.15) is 24.8 Å². The van der Waals surface area contributed by atoms with E-state index in [2.05, 4.69) is 10.6 Å². The molecule has 2 N–H and O–H groups in total. The van der Waals surface area contributed by atoms with Crippen molar-refractivity contribution in [2.45, 2.75) is 31.8 Å². The van der Waals surface area contributed by atoms with Crippen molar-refractivity contribution in [3.05, 3.63) is 34.6 Å². The number of hydrogen-bond acceptors (Lipinski definition) is 2. The molecule has 1 aliphatic carbocycles. The summed E-state index contributed by atoms with van der Waals surface area (Å²) in [6.07, 6.45) is 3.71. The second-order valence-electron chi connectivity index (χ2n) is 4.49. The zero-order valence-electron chi connectivity index (χ0n) is 9.81. The Morgan fingerprint density at radius 2 is 2.12 bits per heavy atom. The van der Waals surface area contributed by atoms with E-state index in [0.29, 0.717) is 17.1 Å². The Hall–Kier alpha value is -0.640. The highest BCUT2D eigenvalue weighted by atomic mass is 35.5. The first-order valence-corrected chi connectivity index (χ1v) is 6.51. The third kappa shape index (κ3) is 4.62. The Morgan fingerprint density at radius 1 is 1.29 bits per heavy atom. The topological polar surface area (TPSA) is 24.1 Å². The van der Waals surface area contributed by atoms with Crippen molar-refractivity contribution in [1.82, 2.24) is 10.6 Å². The van der Waals surface area contributed by atoms with E-state index in [0.717, 1.165) is 25.6 Å². The van der Waals surface area contributed by atoms with Gasteiger partial charge in [-0.15, -0.1) is 0 Å². The minimum absolute atomic E-state index is 0.196. The monoisotopic (exact) mass is 256 g/mol. The number of rotatable bonds is 7. The normalized spacial score (nSPS) is 15.2. The van der Waals surface area contributed by atoms with E-state index in [9.17, 15) is 4.39 Å². The Balaban J connectivity index is 1.61. The van der Waals surface area contributed by atoms with Gasteiger partial charge in [-0.25, -0.2) is 4.39 Å². The first kappa shape index (κ1) is 12.8. The maximum Gasteiger partial charge on any atom is 0.127 e. The summed E-state index contributed by atoms with van der Waals surface area (Å²) < 4.78 is 13.3. The first-order valence-electron chi connectivity index (χ1n) is 6.14. The fourth-order valence-electron chi connectivity index (χ4n) is 1.71. The molecule has 0 heterocycles. The molecule has 0 spiro atoms. The van der Waals surface area contributed by atoms with E-state index in [-0.39, 0.29) is 5.82 Å². The van der Waals surface area contributed by atoms with Gasteiger partial charge in [0.05, 0.1) is 0 Å². The van der Waals surface area contributed by atoms with E-state index in [1.165, 1.54) is 18.9 Å². The molecule has 1 saturated carbocycles. The Morgan fingerprint density at radius 3 is 2.88 bits per heavy atom. The molecule has 1 aliphatic rings. The average Bonchev–Trinajstić information content (AvgIpc) is 3.11. The van der Waals surface area contributed by atoms with Gasteiger partial charge in [0.2, 0.25) is 0 Å². The van der Waals surface area contributed by atoms with Crippen LogP contribution in [0.2, 0.25) is 5.02 Å². The van der Waals surface area contributed by atoms with Crippen LogP contribution in [-0.4, -0.2) is 19.1 Å². The Kier molecular flexibility index (Phi) is 4.77. The predicted octanol–water partition coefficient (Wildman–Crippen LogP) is 2.71. The van der Waals surface area contributed by atoms with Gasteiger partial charge < -0.3 is 10.6 Å². The van der Waals surface area contributed by atoms with Crippen molar-refractivity contribution < 1.29 is 4.39 Å². The second-order valence-corrected chi connectivity index (χ2v) is 4.93. The second kappa shape index (κ2) is 6.34. The third-order valence-corrected chi connectivity index (χ3v) is 3.10. The molecule has 1 fully saturated rings. The molecule has 0 unspecified atom stereocenters. The minimum Gasteiger partial charge on any atom is -0.314 e. The lowest BCUT2D eigenvalue weighted by Crippen LogP contribution is -2.23. The summed E-state index contributed by atoms with van der Waals surface area (Å²) in [4.78, 5) is 0. The summed E-state index contributed by atoms with van der Waals surface area (Å²) in [7, 11) is 0. The summed E-state index contributed by atoms with van der Waals surface area (Å²) in [5.74, 6) is -0.196. The fourth-order valence-corrected chi connectivity index (χ4v) is 1.90. The van der Waals surface area contributed by atoms with Crippen LogP contribution in [-0.2, 0) is 6.54 Å². The highest BCUT2D eigenvalue weighted by Crippen LogP contribution is 2.18. The quantitative estimate of drug-likeness (QED) is 0.733. The van der Waals surface area contributed by atoms with Crippen molar-refractivity contribution in [2.24, 2.45) is 0 Å². The molecule has 17 heavy (non-hydrogen) atoms. The average molecular weight is 257 g/mol. The number of benzene rings is 1. The molecule has 0 atom stereocenters. The molecule has 1 aromatic carbocycles. The molecule has 0 aliphatic heterocycles. The number of nitrogens with one attached hydrogen (secondary N) is 2. The van der Waals surface area contributed by atoms with Crippen molar-refractivity contribution in [3.8, 4) is 0 Å². The van der Waals surface area contributed by atoms with Gasteiger partial charge in [0, 0.05) is 23.2 Å². The van der Waals surface area contributed by atoms with Crippen LogP contribution in [0, 0.1) is 5.82 Å². The maximum absolute atomic E-state index is 13.3. The van der Waals surface area contributed by atoms with Gasteiger partial charge in [-0.3, -0.25) is 0 Å².